The molecule has 0 radical (unpaired) electrons. The van der Waals surface area contributed by atoms with E-state index in [9.17, 15) is 22.8 Å². The average molecular weight is 475 g/mol. The van der Waals surface area contributed by atoms with Gasteiger partial charge in [0.1, 0.15) is 5.82 Å². The number of halogens is 3. The zero-order valence-electron chi connectivity index (χ0n) is 17.8. The van der Waals surface area contributed by atoms with Crippen LogP contribution in [0.4, 0.5) is 18.0 Å². The molecule has 4 rings (SSSR count). The lowest BCUT2D eigenvalue weighted by Crippen LogP contribution is -2.36. The third kappa shape index (κ3) is 4.87. The smallest absolute Gasteiger partial charge is 0.354 e. The fraction of sp³-hybridized carbons (Fsp3) is 0.273. The van der Waals surface area contributed by atoms with Crippen LogP contribution < -0.4 is 5.32 Å². The predicted molar refractivity (Wildman–Crippen MR) is 121 cm³/mol. The van der Waals surface area contributed by atoms with Crippen molar-refractivity contribution in [2.75, 3.05) is 18.8 Å². The van der Waals surface area contributed by atoms with Crippen molar-refractivity contribution in [2.45, 2.75) is 13.1 Å². The molecule has 3 aromatic rings. The molecule has 2 heterocycles. The molecule has 0 fully saturated rings. The predicted octanol–water partition coefficient (Wildman–Crippen LogP) is 4.27. The molecule has 0 aliphatic carbocycles. The second kappa shape index (κ2) is 8.89. The maximum absolute atomic E-state index is 13.1. The van der Waals surface area contributed by atoms with E-state index < -0.39 is 11.7 Å². The van der Waals surface area contributed by atoms with Crippen LogP contribution in [0.5, 0.6) is 0 Å². The van der Waals surface area contributed by atoms with E-state index >= 15 is 0 Å². The molecule has 7 nitrogen and oxygen atoms in total. The SMILES string of the molecule is CC(=O)NCCN1N=C(c2ccc3c(c2)nc(-c2cccc(C(F)(F)F)c2)n3C)CSC1=O. The number of thioether (sulfide) groups is 1. The van der Waals surface area contributed by atoms with Gasteiger partial charge in [-0.25, -0.2) is 9.99 Å². The fourth-order valence-corrected chi connectivity index (χ4v) is 4.28. The van der Waals surface area contributed by atoms with Gasteiger partial charge in [-0.2, -0.15) is 18.3 Å². The van der Waals surface area contributed by atoms with Gasteiger partial charge in [-0.1, -0.05) is 30.0 Å². The number of hydrazone groups is 1. The number of nitrogens with one attached hydrogen (secondary N) is 1. The summed E-state index contributed by atoms with van der Waals surface area (Å²) in [6.45, 7) is 1.94. The molecular formula is C22H20F3N5O2S. The van der Waals surface area contributed by atoms with Crippen LogP contribution in [-0.2, 0) is 18.0 Å². The Hall–Kier alpha value is -3.34. The second-order valence-electron chi connectivity index (χ2n) is 7.48. The Bertz CT molecular complexity index is 1270. The minimum atomic E-state index is -4.44. The quantitative estimate of drug-likeness (QED) is 0.598. The van der Waals surface area contributed by atoms with Gasteiger partial charge in [-0.05, 0) is 24.3 Å². The molecule has 0 spiro atoms. The number of carbonyl (C=O) groups excluding carboxylic acids is 2. The average Bonchev–Trinajstić information content (AvgIpc) is 3.10. The molecule has 0 bridgehead atoms. The molecule has 172 valence electrons. The molecule has 1 N–H and O–H groups in total. The van der Waals surface area contributed by atoms with Crippen molar-refractivity contribution in [1.82, 2.24) is 19.9 Å². The first-order valence-corrected chi connectivity index (χ1v) is 11.0. The molecule has 0 unspecified atom stereocenters. The maximum Gasteiger partial charge on any atom is 0.416 e. The number of aryl methyl sites for hydroxylation is 1. The number of rotatable bonds is 5. The minimum Gasteiger partial charge on any atom is -0.354 e. The van der Waals surface area contributed by atoms with Gasteiger partial charge in [0.05, 0.1) is 28.9 Å². The number of alkyl halides is 3. The highest BCUT2D eigenvalue weighted by Gasteiger charge is 2.31. The number of hydrogen-bond donors (Lipinski definition) is 1. The molecule has 0 saturated heterocycles. The van der Waals surface area contributed by atoms with Gasteiger partial charge in [0, 0.05) is 37.4 Å². The summed E-state index contributed by atoms with van der Waals surface area (Å²) >= 11 is 1.11. The van der Waals surface area contributed by atoms with Crippen molar-refractivity contribution in [3.8, 4) is 11.4 Å². The van der Waals surface area contributed by atoms with E-state index in [-0.39, 0.29) is 24.2 Å². The highest BCUT2D eigenvalue weighted by molar-refractivity contribution is 8.14. The summed E-state index contributed by atoms with van der Waals surface area (Å²) < 4.78 is 41.1. The lowest BCUT2D eigenvalue weighted by atomic mass is 10.1. The number of nitrogens with zero attached hydrogens (tertiary/aromatic N) is 4. The highest BCUT2D eigenvalue weighted by Crippen LogP contribution is 2.33. The second-order valence-corrected chi connectivity index (χ2v) is 8.41. The van der Waals surface area contributed by atoms with Gasteiger partial charge in [0.25, 0.3) is 0 Å². The van der Waals surface area contributed by atoms with Crippen LogP contribution in [0.1, 0.15) is 18.1 Å². The van der Waals surface area contributed by atoms with E-state index in [4.69, 9.17) is 0 Å². The zero-order chi connectivity index (χ0) is 23.8. The molecular weight excluding hydrogens is 455 g/mol. The third-order valence-corrected chi connectivity index (χ3v) is 6.02. The van der Waals surface area contributed by atoms with Crippen molar-refractivity contribution in [3.63, 3.8) is 0 Å². The molecule has 0 atom stereocenters. The van der Waals surface area contributed by atoms with E-state index in [1.165, 1.54) is 18.0 Å². The number of carbonyl (C=O) groups is 2. The molecule has 0 saturated carbocycles. The van der Waals surface area contributed by atoms with Crippen LogP contribution in [0.2, 0.25) is 0 Å². The van der Waals surface area contributed by atoms with Crippen molar-refractivity contribution < 1.29 is 22.8 Å². The first-order chi connectivity index (χ1) is 15.6. The molecule has 33 heavy (non-hydrogen) atoms. The number of benzene rings is 2. The maximum atomic E-state index is 13.1. The van der Waals surface area contributed by atoms with Crippen molar-refractivity contribution in [2.24, 2.45) is 12.1 Å². The fourth-order valence-electron chi connectivity index (χ4n) is 3.51. The minimum absolute atomic E-state index is 0.187. The van der Waals surface area contributed by atoms with Gasteiger partial charge >= 0.3 is 11.4 Å². The van der Waals surface area contributed by atoms with Crippen LogP contribution in [-0.4, -0.2) is 50.3 Å². The molecule has 2 aromatic carbocycles. The molecule has 2 amide bonds. The van der Waals surface area contributed by atoms with E-state index in [1.807, 2.05) is 18.2 Å². The summed E-state index contributed by atoms with van der Waals surface area (Å²) in [5.74, 6) is 0.614. The van der Waals surface area contributed by atoms with Crippen LogP contribution in [0.3, 0.4) is 0 Å². The summed E-state index contributed by atoms with van der Waals surface area (Å²) in [6, 6.07) is 10.6. The highest BCUT2D eigenvalue weighted by atomic mass is 32.2. The standard InChI is InChI=1S/C22H20F3N5O2S/c1-13(31)26-8-9-30-21(32)33-12-18(28-30)14-6-7-19-17(11-14)27-20(29(19)2)15-4-3-5-16(10-15)22(23,24)25/h3-7,10-11H,8-9,12H2,1-2H3,(H,26,31). The van der Waals surface area contributed by atoms with Gasteiger partial charge in [-0.15, -0.1) is 0 Å². The number of hydrogen-bond acceptors (Lipinski definition) is 5. The van der Waals surface area contributed by atoms with Crippen LogP contribution in [0.25, 0.3) is 22.4 Å². The monoisotopic (exact) mass is 475 g/mol. The van der Waals surface area contributed by atoms with Crippen LogP contribution in [0, 0.1) is 0 Å². The van der Waals surface area contributed by atoms with Crippen LogP contribution >= 0.6 is 11.8 Å². The van der Waals surface area contributed by atoms with E-state index in [0.29, 0.717) is 28.4 Å². The zero-order valence-corrected chi connectivity index (χ0v) is 18.6. The van der Waals surface area contributed by atoms with E-state index in [2.05, 4.69) is 15.4 Å². The molecule has 1 aromatic heterocycles. The Morgan fingerprint density at radius 1 is 1.18 bits per heavy atom. The first-order valence-electron chi connectivity index (χ1n) is 10.0. The first kappa shape index (κ1) is 22.8. The van der Waals surface area contributed by atoms with Crippen molar-refractivity contribution in [1.29, 1.82) is 0 Å². The summed E-state index contributed by atoms with van der Waals surface area (Å²) in [6.07, 6.45) is -4.44. The summed E-state index contributed by atoms with van der Waals surface area (Å²) in [7, 11) is 1.75. The Morgan fingerprint density at radius 2 is 1.97 bits per heavy atom. The summed E-state index contributed by atoms with van der Waals surface area (Å²) in [5.41, 5.74) is 2.44. The van der Waals surface area contributed by atoms with Gasteiger partial charge < -0.3 is 9.88 Å². The van der Waals surface area contributed by atoms with E-state index in [0.717, 1.165) is 35.0 Å². The topological polar surface area (TPSA) is 79.6 Å². The number of aromatic nitrogens is 2. The van der Waals surface area contributed by atoms with Gasteiger partial charge in [-0.3, -0.25) is 9.59 Å². The number of fused-ring (bicyclic) bond motifs is 1. The van der Waals surface area contributed by atoms with Crippen molar-refractivity contribution in [3.05, 3.63) is 53.6 Å². The Kier molecular flexibility index (Phi) is 6.15. The van der Waals surface area contributed by atoms with Gasteiger partial charge in [0.15, 0.2) is 0 Å². The van der Waals surface area contributed by atoms with Gasteiger partial charge in [0.2, 0.25) is 5.91 Å². The summed E-state index contributed by atoms with van der Waals surface area (Å²) in [5, 5.41) is 8.18. The normalized spacial score (nSPS) is 14.5. The molecule has 1 aliphatic heterocycles. The lowest BCUT2D eigenvalue weighted by molar-refractivity contribution is -0.137. The third-order valence-electron chi connectivity index (χ3n) is 5.14. The number of amides is 2. The lowest BCUT2D eigenvalue weighted by Gasteiger charge is -2.23. The Morgan fingerprint density at radius 3 is 2.70 bits per heavy atom. The van der Waals surface area contributed by atoms with Crippen LogP contribution in [0.15, 0.2) is 47.6 Å². The molecule has 11 heteroatoms. The van der Waals surface area contributed by atoms with E-state index in [1.54, 1.807) is 17.7 Å². The Labute approximate surface area is 191 Å². The van der Waals surface area contributed by atoms with Crippen molar-refractivity contribution >= 4 is 39.7 Å². The largest absolute Gasteiger partial charge is 0.416 e. The molecule has 1 aliphatic rings. The summed E-state index contributed by atoms with van der Waals surface area (Å²) in [4.78, 5) is 27.8. The number of imidazole rings is 1. The Balaban J connectivity index is 1.65.